The number of aliphatic hydroxyl groups excluding tert-OH is 1. The van der Waals surface area contributed by atoms with Crippen molar-refractivity contribution in [2.45, 2.75) is 25.5 Å². The second-order valence-electron chi connectivity index (χ2n) is 8.45. The number of rotatable bonds is 3. The Morgan fingerprint density at radius 2 is 1.77 bits per heavy atom. The number of aryl methyl sites for hydroxylation is 1. The summed E-state index contributed by atoms with van der Waals surface area (Å²) >= 11 is 6.65. The maximum Gasteiger partial charge on any atom is 0.110 e. The molecule has 6 nitrogen and oxygen atoms in total. The molecule has 4 heterocycles. The zero-order chi connectivity index (χ0) is 20.7. The molecule has 0 aliphatic carbocycles. The van der Waals surface area contributed by atoms with Crippen LogP contribution in [0.1, 0.15) is 19.3 Å². The van der Waals surface area contributed by atoms with E-state index in [1.54, 1.807) is 6.20 Å². The second-order valence-corrected chi connectivity index (χ2v) is 8.86. The summed E-state index contributed by atoms with van der Waals surface area (Å²) in [4.78, 5) is 6.71. The molecule has 1 spiro atoms. The fraction of sp³-hybridized carbons (Fsp3) is 0.391. The van der Waals surface area contributed by atoms with Gasteiger partial charge in [-0.15, -0.1) is 0 Å². The van der Waals surface area contributed by atoms with Crippen LogP contribution in [0.2, 0.25) is 5.02 Å². The van der Waals surface area contributed by atoms with Crippen LogP contribution in [0.5, 0.6) is 0 Å². The standard InChI is InChI=1S/C23H26ClN5O/c1-28-15-18(12-27-28)16-2-4-17(5-3-16)19-13-25-14-20(24)21(19)29-10-7-23(8-11-29)6-9-26-22(23)30/h2-5,12-15,22,26,30H,6-11H2,1H3. The SMILES string of the molecule is Cn1cc(-c2ccc(-c3cncc(Cl)c3N3CCC4(CCNC4O)CC3)cc2)cn1. The number of pyridine rings is 1. The van der Waals surface area contributed by atoms with Gasteiger partial charge in [-0.25, -0.2) is 0 Å². The minimum Gasteiger partial charge on any atom is -0.378 e. The molecule has 0 amide bonds. The van der Waals surface area contributed by atoms with Crippen LogP contribution in [0.3, 0.4) is 0 Å². The van der Waals surface area contributed by atoms with Gasteiger partial charge in [0.05, 0.1) is 16.9 Å². The number of nitrogens with zero attached hydrogens (tertiary/aromatic N) is 4. The molecule has 156 valence electrons. The third-order valence-corrected chi connectivity index (χ3v) is 7.00. The van der Waals surface area contributed by atoms with Crippen molar-refractivity contribution in [3.05, 3.63) is 54.1 Å². The van der Waals surface area contributed by atoms with Gasteiger partial charge in [-0.1, -0.05) is 35.9 Å². The van der Waals surface area contributed by atoms with E-state index in [1.807, 2.05) is 30.3 Å². The van der Waals surface area contributed by atoms with Gasteiger partial charge in [-0.2, -0.15) is 5.10 Å². The van der Waals surface area contributed by atoms with Crippen molar-refractivity contribution in [3.63, 3.8) is 0 Å². The fourth-order valence-electron chi connectivity index (χ4n) is 4.88. The summed E-state index contributed by atoms with van der Waals surface area (Å²) in [6.45, 7) is 2.65. The lowest BCUT2D eigenvalue weighted by atomic mass is 9.76. The number of hydrogen-bond acceptors (Lipinski definition) is 5. The van der Waals surface area contributed by atoms with E-state index in [-0.39, 0.29) is 5.41 Å². The Morgan fingerprint density at radius 3 is 2.40 bits per heavy atom. The van der Waals surface area contributed by atoms with Crippen molar-refractivity contribution in [2.24, 2.45) is 12.5 Å². The van der Waals surface area contributed by atoms with E-state index in [4.69, 9.17) is 11.6 Å². The Kier molecular flexibility index (Phi) is 5.01. The third-order valence-electron chi connectivity index (χ3n) is 6.72. The first kappa shape index (κ1) is 19.5. The van der Waals surface area contributed by atoms with Crippen molar-refractivity contribution >= 4 is 17.3 Å². The molecular formula is C23H26ClN5O. The first-order valence-electron chi connectivity index (χ1n) is 10.5. The van der Waals surface area contributed by atoms with Crippen LogP contribution in [-0.4, -0.2) is 45.7 Å². The van der Waals surface area contributed by atoms with Crippen molar-refractivity contribution in [1.29, 1.82) is 0 Å². The Hall–Kier alpha value is -2.41. The largest absolute Gasteiger partial charge is 0.378 e. The number of aliphatic hydroxyl groups is 1. The molecule has 2 saturated heterocycles. The van der Waals surface area contributed by atoms with Crippen LogP contribution in [-0.2, 0) is 7.05 Å². The molecule has 2 aliphatic heterocycles. The van der Waals surface area contributed by atoms with Crippen molar-refractivity contribution in [2.75, 3.05) is 24.5 Å². The van der Waals surface area contributed by atoms with Crippen LogP contribution in [0.4, 0.5) is 5.69 Å². The lowest BCUT2D eigenvalue weighted by Crippen LogP contribution is -2.46. The average Bonchev–Trinajstić information content (AvgIpc) is 3.35. The summed E-state index contributed by atoms with van der Waals surface area (Å²) < 4.78 is 1.81. The topological polar surface area (TPSA) is 66.2 Å². The number of hydrogen-bond donors (Lipinski definition) is 2. The molecule has 2 aliphatic rings. The van der Waals surface area contributed by atoms with Gasteiger partial charge in [0.2, 0.25) is 0 Å². The minimum absolute atomic E-state index is 0.00153. The van der Waals surface area contributed by atoms with E-state index in [1.165, 1.54) is 0 Å². The quantitative estimate of drug-likeness (QED) is 0.672. The fourth-order valence-corrected chi connectivity index (χ4v) is 5.16. The Morgan fingerprint density at radius 1 is 1.03 bits per heavy atom. The number of anilines is 1. The van der Waals surface area contributed by atoms with Crippen molar-refractivity contribution in [1.82, 2.24) is 20.1 Å². The van der Waals surface area contributed by atoms with Crippen LogP contribution < -0.4 is 10.2 Å². The molecule has 5 rings (SSSR count). The zero-order valence-electron chi connectivity index (χ0n) is 17.1. The van der Waals surface area contributed by atoms with Gasteiger partial charge in [0.25, 0.3) is 0 Å². The summed E-state index contributed by atoms with van der Waals surface area (Å²) in [5.41, 5.74) is 5.40. The molecule has 7 heteroatoms. The maximum absolute atomic E-state index is 10.4. The molecule has 2 aromatic heterocycles. The highest BCUT2D eigenvalue weighted by molar-refractivity contribution is 6.33. The van der Waals surface area contributed by atoms with E-state index >= 15 is 0 Å². The lowest BCUT2D eigenvalue weighted by Gasteiger charge is -2.42. The summed E-state index contributed by atoms with van der Waals surface area (Å²) in [6.07, 6.45) is 10.1. The van der Waals surface area contributed by atoms with Crippen LogP contribution in [0, 0.1) is 5.41 Å². The van der Waals surface area contributed by atoms with Gasteiger partial charge in [-0.05, 0) is 36.9 Å². The summed E-state index contributed by atoms with van der Waals surface area (Å²) in [7, 11) is 1.92. The summed E-state index contributed by atoms with van der Waals surface area (Å²) in [6, 6.07) is 8.47. The molecule has 0 radical (unpaired) electrons. The van der Waals surface area contributed by atoms with Gasteiger partial charge in [-0.3, -0.25) is 15.0 Å². The maximum atomic E-state index is 10.4. The van der Waals surface area contributed by atoms with E-state index < -0.39 is 6.23 Å². The van der Waals surface area contributed by atoms with Crippen molar-refractivity contribution in [3.8, 4) is 22.3 Å². The summed E-state index contributed by atoms with van der Waals surface area (Å²) in [5, 5.41) is 18.5. The second kappa shape index (κ2) is 7.69. The van der Waals surface area contributed by atoms with Gasteiger partial charge >= 0.3 is 0 Å². The minimum atomic E-state index is -0.396. The molecule has 1 aromatic carbocycles. The highest BCUT2D eigenvalue weighted by Crippen LogP contribution is 2.44. The van der Waals surface area contributed by atoms with Gasteiger partial charge in [0.1, 0.15) is 6.23 Å². The lowest BCUT2D eigenvalue weighted by molar-refractivity contribution is 0.0198. The zero-order valence-corrected chi connectivity index (χ0v) is 17.8. The van der Waals surface area contributed by atoms with E-state index in [0.29, 0.717) is 5.02 Å². The van der Waals surface area contributed by atoms with E-state index in [9.17, 15) is 5.11 Å². The van der Waals surface area contributed by atoms with Crippen LogP contribution in [0.15, 0.2) is 49.1 Å². The number of halogens is 1. The molecule has 0 bridgehead atoms. The normalized spacial score (nSPS) is 20.8. The molecule has 1 unspecified atom stereocenters. The van der Waals surface area contributed by atoms with Crippen LogP contribution in [0.25, 0.3) is 22.3 Å². The molecular weight excluding hydrogens is 398 g/mol. The van der Waals surface area contributed by atoms with Gasteiger partial charge < -0.3 is 10.0 Å². The molecule has 0 saturated carbocycles. The number of nitrogens with one attached hydrogen (secondary N) is 1. The Bertz CT molecular complexity index is 1040. The highest BCUT2D eigenvalue weighted by atomic mass is 35.5. The van der Waals surface area contributed by atoms with Gasteiger partial charge in [0, 0.05) is 55.3 Å². The number of benzene rings is 1. The van der Waals surface area contributed by atoms with Gasteiger partial charge in [0.15, 0.2) is 0 Å². The monoisotopic (exact) mass is 423 g/mol. The first-order chi connectivity index (χ1) is 14.6. The highest BCUT2D eigenvalue weighted by Gasteiger charge is 2.44. The third kappa shape index (κ3) is 3.39. The van der Waals surface area contributed by atoms with E-state index in [2.05, 4.69) is 44.6 Å². The number of aromatic nitrogens is 3. The smallest absolute Gasteiger partial charge is 0.110 e. The molecule has 30 heavy (non-hydrogen) atoms. The molecule has 1 atom stereocenters. The molecule has 2 fully saturated rings. The average molecular weight is 424 g/mol. The molecule has 3 aromatic rings. The predicted octanol–water partition coefficient (Wildman–Crippen LogP) is 3.70. The number of piperidine rings is 1. The first-order valence-corrected chi connectivity index (χ1v) is 10.8. The Balaban J connectivity index is 1.43. The Labute approximate surface area is 181 Å². The van der Waals surface area contributed by atoms with E-state index in [0.717, 1.165) is 66.8 Å². The van der Waals surface area contributed by atoms with Crippen LogP contribution >= 0.6 is 11.6 Å². The predicted molar refractivity (Wildman–Crippen MR) is 119 cm³/mol. The van der Waals surface area contributed by atoms with Crippen molar-refractivity contribution < 1.29 is 5.11 Å². The summed E-state index contributed by atoms with van der Waals surface area (Å²) in [5.74, 6) is 0. The molecule has 2 N–H and O–H groups in total.